The number of hydrogen-bond donors (Lipinski definition) is 3. The summed E-state index contributed by atoms with van der Waals surface area (Å²) in [7, 11) is 0. The SMILES string of the molecule is Cc1cc(C[C@@H](CC(=O)N2CCC(N3CCc4ccccc4NC3=O)CC2)C(=O)N2CCN(C3CCNCC3)CC2)cc(Cl)c1N. The Labute approximate surface area is 277 Å². The molecule has 0 aliphatic carbocycles. The fraction of sp³-hybridized carbons (Fsp3) is 0.571. The molecule has 0 aromatic heterocycles. The first kappa shape index (κ1) is 32.6. The maximum absolute atomic E-state index is 14.1. The number of likely N-dealkylation sites (tertiary alicyclic amines) is 1. The van der Waals surface area contributed by atoms with Crippen LogP contribution in [0.4, 0.5) is 16.2 Å². The van der Waals surface area contributed by atoms with E-state index in [1.54, 1.807) is 0 Å². The van der Waals surface area contributed by atoms with Gasteiger partial charge in [-0.1, -0.05) is 35.9 Å². The highest BCUT2D eigenvalue weighted by molar-refractivity contribution is 6.33. The molecule has 10 nitrogen and oxygen atoms in total. The normalized spacial score (nSPS) is 21.0. The van der Waals surface area contributed by atoms with Gasteiger partial charge >= 0.3 is 6.03 Å². The van der Waals surface area contributed by atoms with Gasteiger partial charge in [-0.25, -0.2) is 4.79 Å². The van der Waals surface area contributed by atoms with Crippen molar-refractivity contribution in [1.82, 2.24) is 24.9 Å². The predicted molar refractivity (Wildman–Crippen MR) is 182 cm³/mol. The Balaban J connectivity index is 1.09. The number of hydrogen-bond acceptors (Lipinski definition) is 6. The van der Waals surface area contributed by atoms with Gasteiger partial charge in [-0.05, 0) is 87.4 Å². The van der Waals surface area contributed by atoms with Crippen molar-refractivity contribution in [1.29, 1.82) is 0 Å². The average Bonchev–Trinajstić information content (AvgIpc) is 3.25. The summed E-state index contributed by atoms with van der Waals surface area (Å²) < 4.78 is 0. The van der Waals surface area contributed by atoms with E-state index in [0.717, 1.165) is 80.7 Å². The third-order valence-corrected chi connectivity index (χ3v) is 10.8. The monoisotopic (exact) mass is 649 g/mol. The number of urea groups is 1. The zero-order valence-corrected chi connectivity index (χ0v) is 27.7. The van der Waals surface area contributed by atoms with Crippen LogP contribution in [-0.2, 0) is 22.4 Å². The lowest BCUT2D eigenvalue weighted by molar-refractivity contribution is -0.143. The molecule has 1 atom stereocenters. The Morgan fingerprint density at radius 2 is 1.65 bits per heavy atom. The van der Waals surface area contributed by atoms with Gasteiger partial charge in [-0.3, -0.25) is 14.5 Å². The van der Waals surface area contributed by atoms with Gasteiger partial charge < -0.3 is 31.1 Å². The van der Waals surface area contributed by atoms with Crippen molar-refractivity contribution in [2.75, 3.05) is 70.0 Å². The molecule has 6 rings (SSSR count). The standard InChI is InChI=1S/C35H48ClN7O3/c1-24-20-25(22-30(36)33(24)37)21-27(34(45)42-18-16-40(17-19-42)28-6-11-38-12-7-28)23-32(44)41-13-9-29(10-14-41)43-15-8-26-4-2-3-5-31(26)39-35(43)46/h2-5,20,22,27-29,38H,6-19,21,23,37H2,1H3,(H,39,46)/t27-/m0/s1. The lowest BCUT2D eigenvalue weighted by Gasteiger charge is -2.42. The maximum atomic E-state index is 14.1. The molecule has 4 aliphatic heterocycles. The highest BCUT2D eigenvalue weighted by Crippen LogP contribution is 2.29. The number of amides is 4. The molecular formula is C35H48ClN7O3. The molecule has 3 saturated heterocycles. The minimum atomic E-state index is -0.482. The molecule has 2 aromatic carbocycles. The molecule has 0 unspecified atom stereocenters. The Hall–Kier alpha value is -3.34. The van der Waals surface area contributed by atoms with Gasteiger partial charge in [0, 0.05) is 70.0 Å². The summed E-state index contributed by atoms with van der Waals surface area (Å²) in [5.41, 5.74) is 10.5. The first-order chi connectivity index (χ1) is 22.3. The van der Waals surface area contributed by atoms with Crippen molar-refractivity contribution < 1.29 is 14.4 Å². The molecule has 248 valence electrons. The zero-order valence-electron chi connectivity index (χ0n) is 27.0. The summed E-state index contributed by atoms with van der Waals surface area (Å²) in [5, 5.41) is 6.99. The summed E-state index contributed by atoms with van der Waals surface area (Å²) in [6.45, 7) is 8.92. The number of carbonyl (C=O) groups excluding carboxylic acids is 3. The fourth-order valence-electron chi connectivity index (χ4n) is 7.72. The van der Waals surface area contributed by atoms with E-state index in [2.05, 4.69) is 21.6 Å². The quantitative estimate of drug-likeness (QED) is 0.394. The number of piperidine rings is 2. The van der Waals surface area contributed by atoms with Gasteiger partial charge in [0.05, 0.1) is 16.6 Å². The van der Waals surface area contributed by atoms with Crippen molar-refractivity contribution in [3.05, 3.63) is 58.1 Å². The van der Waals surface area contributed by atoms with Gasteiger partial charge in [0.1, 0.15) is 0 Å². The van der Waals surface area contributed by atoms with Gasteiger partial charge in [-0.15, -0.1) is 0 Å². The molecule has 3 fully saturated rings. The van der Waals surface area contributed by atoms with E-state index in [-0.39, 0.29) is 30.3 Å². The largest absolute Gasteiger partial charge is 0.397 e. The van der Waals surface area contributed by atoms with Gasteiger partial charge in [0.15, 0.2) is 0 Å². The topological polar surface area (TPSA) is 114 Å². The van der Waals surface area contributed by atoms with Crippen LogP contribution in [0.3, 0.4) is 0 Å². The van der Waals surface area contributed by atoms with Crippen molar-refractivity contribution >= 4 is 40.8 Å². The number of benzene rings is 2. The van der Waals surface area contributed by atoms with Crippen LogP contribution in [0.25, 0.3) is 0 Å². The number of anilines is 2. The highest BCUT2D eigenvalue weighted by atomic mass is 35.5. The van der Waals surface area contributed by atoms with E-state index >= 15 is 0 Å². The Kier molecular flexibility index (Phi) is 10.4. The molecule has 0 spiro atoms. The van der Waals surface area contributed by atoms with Crippen LogP contribution in [0.2, 0.25) is 5.02 Å². The number of rotatable bonds is 7. The number of halogens is 1. The molecule has 4 heterocycles. The summed E-state index contributed by atoms with van der Waals surface area (Å²) in [6.07, 6.45) is 5.13. The van der Waals surface area contributed by atoms with Crippen molar-refractivity contribution in [3.63, 3.8) is 0 Å². The fourth-order valence-corrected chi connectivity index (χ4v) is 8.01. The minimum Gasteiger partial charge on any atom is -0.397 e. The third kappa shape index (κ3) is 7.45. The molecule has 0 bridgehead atoms. The zero-order chi connectivity index (χ0) is 32.2. The van der Waals surface area contributed by atoms with Gasteiger partial charge in [-0.2, -0.15) is 0 Å². The predicted octanol–water partition coefficient (Wildman–Crippen LogP) is 3.76. The molecule has 4 aliphatic rings. The van der Waals surface area contributed by atoms with E-state index < -0.39 is 5.92 Å². The maximum Gasteiger partial charge on any atom is 0.322 e. The molecule has 4 amide bonds. The Bertz CT molecular complexity index is 1390. The highest BCUT2D eigenvalue weighted by Gasteiger charge is 2.35. The third-order valence-electron chi connectivity index (χ3n) is 10.5. The molecule has 46 heavy (non-hydrogen) atoms. The van der Waals surface area contributed by atoms with E-state index in [1.165, 1.54) is 0 Å². The van der Waals surface area contributed by atoms with Gasteiger partial charge in [0.2, 0.25) is 11.8 Å². The molecule has 0 radical (unpaired) electrons. The van der Waals surface area contributed by atoms with Crippen LogP contribution < -0.4 is 16.4 Å². The van der Waals surface area contributed by atoms with E-state index in [9.17, 15) is 14.4 Å². The molecular weight excluding hydrogens is 602 g/mol. The van der Waals surface area contributed by atoms with Crippen LogP contribution in [0.15, 0.2) is 36.4 Å². The van der Waals surface area contributed by atoms with E-state index in [4.69, 9.17) is 17.3 Å². The molecule has 11 heteroatoms. The molecule has 4 N–H and O–H groups in total. The summed E-state index contributed by atoms with van der Waals surface area (Å²) in [6, 6.07) is 12.3. The number of carbonyl (C=O) groups is 3. The Morgan fingerprint density at radius 1 is 0.935 bits per heavy atom. The van der Waals surface area contributed by atoms with Gasteiger partial charge in [0.25, 0.3) is 0 Å². The number of fused-ring (bicyclic) bond motifs is 1. The van der Waals surface area contributed by atoms with Crippen LogP contribution in [0.1, 0.15) is 48.8 Å². The van der Waals surface area contributed by atoms with Crippen molar-refractivity contribution in [2.24, 2.45) is 5.92 Å². The lowest BCUT2D eigenvalue weighted by atomic mass is 9.92. The number of para-hydroxylation sites is 1. The van der Waals surface area contributed by atoms with Crippen LogP contribution in [0, 0.1) is 12.8 Å². The Morgan fingerprint density at radius 3 is 2.37 bits per heavy atom. The van der Waals surface area contributed by atoms with Crippen LogP contribution in [0.5, 0.6) is 0 Å². The number of nitrogens with zero attached hydrogens (tertiary/aromatic N) is 4. The number of aryl methyl sites for hydroxylation is 1. The van der Waals surface area contributed by atoms with Crippen LogP contribution in [-0.4, -0.2) is 108 Å². The molecule has 0 saturated carbocycles. The second-order valence-electron chi connectivity index (χ2n) is 13.4. The minimum absolute atomic E-state index is 0.00358. The van der Waals surface area contributed by atoms with Crippen molar-refractivity contribution in [3.8, 4) is 0 Å². The first-order valence-corrected chi connectivity index (χ1v) is 17.4. The second-order valence-corrected chi connectivity index (χ2v) is 13.8. The van der Waals surface area contributed by atoms with Crippen LogP contribution >= 0.6 is 11.6 Å². The molecule has 2 aromatic rings. The number of nitrogen functional groups attached to an aromatic ring is 1. The summed E-state index contributed by atoms with van der Waals surface area (Å²) in [5.74, 6) is -0.444. The second kappa shape index (κ2) is 14.6. The summed E-state index contributed by atoms with van der Waals surface area (Å²) >= 11 is 6.43. The first-order valence-electron chi connectivity index (χ1n) is 17.0. The summed E-state index contributed by atoms with van der Waals surface area (Å²) in [4.78, 5) is 49.3. The average molecular weight is 650 g/mol. The van der Waals surface area contributed by atoms with Crippen molar-refractivity contribution in [2.45, 2.75) is 64.0 Å². The number of piperazine rings is 1. The number of nitrogens with one attached hydrogen (secondary N) is 2. The lowest BCUT2D eigenvalue weighted by Crippen LogP contribution is -2.55. The van der Waals surface area contributed by atoms with E-state index in [1.807, 2.05) is 52.0 Å². The van der Waals surface area contributed by atoms with E-state index in [0.29, 0.717) is 55.9 Å². The number of nitrogens with two attached hydrogens (primary N) is 1. The smallest absolute Gasteiger partial charge is 0.322 e.